The van der Waals surface area contributed by atoms with Crippen molar-refractivity contribution in [3.05, 3.63) is 78.4 Å². The molecule has 6 nitrogen and oxygen atoms in total. The predicted molar refractivity (Wildman–Crippen MR) is 171 cm³/mol. The van der Waals surface area contributed by atoms with Crippen LogP contribution < -0.4 is 25.1 Å². The summed E-state index contributed by atoms with van der Waals surface area (Å²) in [7, 11) is 1.20. The van der Waals surface area contributed by atoms with Gasteiger partial charge in [0, 0.05) is 0 Å². The van der Waals surface area contributed by atoms with Crippen molar-refractivity contribution < 1.29 is 28.2 Å². The number of ether oxygens (including phenoxy) is 3. The number of methoxy groups -OCH3 is 1. The van der Waals surface area contributed by atoms with E-state index >= 15 is 0 Å². The Kier molecular flexibility index (Phi) is 9.13. The standard InChI is InChI=1S/C34H46B2O6/c1-31(2,3)32(4,5)40-35(10)24-16-20-26(21-17-24)38-30(28-14-12-13-15-29(28)37-11)39-27-22-18-25(19-23-27)36-41-33(6,7)34(8,9)42-36/h12-23,30H,1-11H3/t30-/m0/s1. The molecule has 1 atom stereocenters. The molecule has 1 saturated heterocycles. The Balaban J connectivity index is 1.53. The van der Waals surface area contributed by atoms with Gasteiger partial charge in [0.2, 0.25) is 0 Å². The van der Waals surface area contributed by atoms with Gasteiger partial charge in [-0.2, -0.15) is 0 Å². The van der Waals surface area contributed by atoms with Gasteiger partial charge in [-0.1, -0.05) is 64.0 Å². The highest BCUT2D eigenvalue weighted by Crippen LogP contribution is 2.37. The van der Waals surface area contributed by atoms with E-state index in [-0.39, 0.29) is 17.9 Å². The minimum Gasteiger partial charge on any atom is -0.496 e. The number of rotatable bonds is 10. The van der Waals surface area contributed by atoms with E-state index in [2.05, 4.69) is 41.4 Å². The molecule has 1 heterocycles. The van der Waals surface area contributed by atoms with Crippen molar-refractivity contribution in [3.8, 4) is 17.2 Å². The van der Waals surface area contributed by atoms with Gasteiger partial charge in [0.1, 0.15) is 17.2 Å². The van der Waals surface area contributed by atoms with Gasteiger partial charge in [0.15, 0.2) is 0 Å². The first-order valence-corrected chi connectivity index (χ1v) is 14.7. The third-order valence-electron chi connectivity index (χ3n) is 8.91. The smallest absolute Gasteiger partial charge is 0.494 e. The molecule has 0 aliphatic carbocycles. The van der Waals surface area contributed by atoms with Crippen LogP contribution in [0.15, 0.2) is 72.8 Å². The molecule has 0 spiro atoms. The fourth-order valence-corrected chi connectivity index (χ4v) is 4.45. The highest BCUT2D eigenvalue weighted by molar-refractivity contribution is 6.66. The molecular weight excluding hydrogens is 526 g/mol. The summed E-state index contributed by atoms with van der Waals surface area (Å²) in [5.74, 6) is 2.00. The van der Waals surface area contributed by atoms with E-state index in [0.29, 0.717) is 17.2 Å². The normalized spacial score (nSPS) is 17.1. The van der Waals surface area contributed by atoms with Crippen LogP contribution in [0.2, 0.25) is 6.82 Å². The lowest BCUT2D eigenvalue weighted by atomic mass is 9.62. The molecule has 0 amide bonds. The van der Waals surface area contributed by atoms with Crippen molar-refractivity contribution in [2.45, 2.75) is 92.2 Å². The molecule has 0 N–H and O–H groups in total. The molecule has 224 valence electrons. The van der Waals surface area contributed by atoms with Crippen LogP contribution >= 0.6 is 0 Å². The number of benzene rings is 3. The zero-order valence-corrected chi connectivity index (χ0v) is 27.1. The lowest BCUT2D eigenvalue weighted by Crippen LogP contribution is -2.46. The minimum atomic E-state index is -0.747. The summed E-state index contributed by atoms with van der Waals surface area (Å²) in [6, 6.07) is 23.4. The monoisotopic (exact) mass is 572 g/mol. The van der Waals surface area contributed by atoms with Gasteiger partial charge in [-0.3, -0.25) is 0 Å². The van der Waals surface area contributed by atoms with E-state index in [1.54, 1.807) is 7.11 Å². The van der Waals surface area contributed by atoms with E-state index < -0.39 is 24.6 Å². The zero-order valence-electron chi connectivity index (χ0n) is 27.1. The van der Waals surface area contributed by atoms with E-state index in [1.807, 2.05) is 100 Å². The molecule has 8 heteroatoms. The summed E-state index contributed by atoms with van der Waals surface area (Å²) in [6.07, 6.45) is -0.747. The van der Waals surface area contributed by atoms with Gasteiger partial charge < -0.3 is 28.2 Å². The molecule has 3 aromatic carbocycles. The second-order valence-electron chi connectivity index (χ2n) is 13.6. The molecule has 0 aromatic heterocycles. The van der Waals surface area contributed by atoms with Crippen LogP contribution in [0.5, 0.6) is 17.2 Å². The SMILES string of the molecule is COc1ccccc1[C@@H](Oc1ccc(B(C)OC(C)(C)C(C)(C)C)cc1)Oc1ccc(B2OC(C)(C)C(C)(C)O2)cc1. The van der Waals surface area contributed by atoms with Crippen LogP contribution in [-0.2, 0) is 14.0 Å². The maximum Gasteiger partial charge on any atom is 0.494 e. The Hall–Kier alpha value is -2.93. The fourth-order valence-electron chi connectivity index (χ4n) is 4.45. The van der Waals surface area contributed by atoms with Crippen molar-refractivity contribution >= 4 is 25.0 Å². The molecule has 0 bridgehead atoms. The van der Waals surface area contributed by atoms with Crippen LogP contribution in [0.3, 0.4) is 0 Å². The van der Waals surface area contributed by atoms with Crippen molar-refractivity contribution in [1.82, 2.24) is 0 Å². The minimum absolute atomic E-state index is 0.00609. The first-order chi connectivity index (χ1) is 19.5. The Morgan fingerprint density at radius 3 is 1.74 bits per heavy atom. The highest BCUT2D eigenvalue weighted by Gasteiger charge is 2.51. The third kappa shape index (κ3) is 6.99. The molecular formula is C34H46B2O6. The lowest BCUT2D eigenvalue weighted by molar-refractivity contribution is 0.000380. The number of hydrogen-bond donors (Lipinski definition) is 0. The molecule has 0 unspecified atom stereocenters. The zero-order chi connectivity index (χ0) is 30.9. The molecule has 42 heavy (non-hydrogen) atoms. The summed E-state index contributed by atoms with van der Waals surface area (Å²) >= 11 is 0. The summed E-state index contributed by atoms with van der Waals surface area (Å²) in [6.45, 7) is 21.1. The molecule has 1 fully saturated rings. The molecule has 1 aliphatic rings. The van der Waals surface area contributed by atoms with Crippen molar-refractivity contribution in [2.24, 2.45) is 5.41 Å². The van der Waals surface area contributed by atoms with Crippen molar-refractivity contribution in [1.29, 1.82) is 0 Å². The molecule has 1 aliphatic heterocycles. The quantitative estimate of drug-likeness (QED) is 0.196. The van der Waals surface area contributed by atoms with Crippen LogP contribution in [-0.4, -0.2) is 37.9 Å². The predicted octanol–water partition coefficient (Wildman–Crippen LogP) is 6.82. The van der Waals surface area contributed by atoms with E-state index in [0.717, 1.165) is 16.5 Å². The summed E-state index contributed by atoms with van der Waals surface area (Å²) in [4.78, 5) is 0. The molecule has 0 saturated carbocycles. The number of para-hydroxylation sites is 1. The second kappa shape index (κ2) is 12.0. The Bertz CT molecular complexity index is 1310. The molecule has 4 rings (SSSR count). The first kappa shape index (κ1) is 32.0. The second-order valence-corrected chi connectivity index (χ2v) is 13.6. The lowest BCUT2D eigenvalue weighted by Gasteiger charge is -2.40. The van der Waals surface area contributed by atoms with Gasteiger partial charge in [-0.15, -0.1) is 0 Å². The fraction of sp³-hybridized carbons (Fsp3) is 0.471. The largest absolute Gasteiger partial charge is 0.496 e. The van der Waals surface area contributed by atoms with E-state index in [4.69, 9.17) is 28.2 Å². The van der Waals surface area contributed by atoms with Crippen molar-refractivity contribution in [3.63, 3.8) is 0 Å². The maximum absolute atomic E-state index is 6.46. The molecule has 0 radical (unpaired) electrons. The topological polar surface area (TPSA) is 55.4 Å². The van der Waals surface area contributed by atoms with Gasteiger partial charge in [0.25, 0.3) is 6.29 Å². The summed E-state index contributed by atoms with van der Waals surface area (Å²) in [5.41, 5.74) is 1.69. The third-order valence-corrected chi connectivity index (χ3v) is 8.91. The van der Waals surface area contributed by atoms with Gasteiger partial charge in [0.05, 0.1) is 29.5 Å². The van der Waals surface area contributed by atoms with E-state index in [1.165, 1.54) is 0 Å². The van der Waals surface area contributed by atoms with Crippen LogP contribution in [0.25, 0.3) is 0 Å². The summed E-state index contributed by atoms with van der Waals surface area (Å²) < 4.78 is 37.4. The Labute approximate surface area is 253 Å². The summed E-state index contributed by atoms with van der Waals surface area (Å²) in [5, 5.41) is 0. The van der Waals surface area contributed by atoms with Crippen LogP contribution in [0, 0.1) is 5.41 Å². The van der Waals surface area contributed by atoms with Crippen molar-refractivity contribution in [2.75, 3.05) is 7.11 Å². The molecule has 3 aromatic rings. The van der Waals surface area contributed by atoms with E-state index in [9.17, 15) is 0 Å². The average Bonchev–Trinajstić information content (AvgIpc) is 3.14. The van der Waals surface area contributed by atoms with Gasteiger partial charge in [-0.25, -0.2) is 0 Å². The maximum atomic E-state index is 6.46. The van der Waals surface area contributed by atoms with Crippen LogP contribution in [0.4, 0.5) is 0 Å². The van der Waals surface area contributed by atoms with Crippen LogP contribution in [0.1, 0.15) is 74.2 Å². The van der Waals surface area contributed by atoms with Gasteiger partial charge >= 0.3 is 14.0 Å². The Morgan fingerprint density at radius 1 is 0.738 bits per heavy atom. The number of hydrogen-bond acceptors (Lipinski definition) is 6. The Morgan fingerprint density at radius 2 is 1.24 bits per heavy atom. The average molecular weight is 572 g/mol. The van der Waals surface area contributed by atoms with Gasteiger partial charge in [-0.05, 0) is 94.3 Å². The highest BCUT2D eigenvalue weighted by atomic mass is 16.7. The first-order valence-electron chi connectivity index (χ1n) is 14.7.